The monoisotopic (exact) mass is 320 g/mol. The molecule has 5 heteroatoms. The van der Waals surface area contributed by atoms with E-state index < -0.39 is 0 Å². The number of anilines is 1. The molecular formula is C17H24N2O2S. The Balaban J connectivity index is 2.01. The number of carbonyl (C=O) groups excluding carboxylic acids is 1. The number of thiocarbonyl (C=S) groups is 1. The lowest BCUT2D eigenvalue weighted by Gasteiger charge is -2.24. The van der Waals surface area contributed by atoms with Gasteiger partial charge in [-0.1, -0.05) is 25.3 Å². The van der Waals surface area contributed by atoms with Crippen molar-refractivity contribution in [3.05, 3.63) is 29.3 Å². The summed E-state index contributed by atoms with van der Waals surface area (Å²) in [6.45, 7) is 4.08. The second kappa shape index (κ2) is 8.13. The minimum atomic E-state index is -0.296. The maximum Gasteiger partial charge on any atom is 0.338 e. The van der Waals surface area contributed by atoms with Crippen molar-refractivity contribution in [3.8, 4) is 0 Å². The molecule has 120 valence electrons. The van der Waals surface area contributed by atoms with Crippen LogP contribution in [-0.4, -0.2) is 23.7 Å². The molecule has 4 nitrogen and oxygen atoms in total. The molecule has 1 saturated carbocycles. The summed E-state index contributed by atoms with van der Waals surface area (Å²) in [6, 6.07) is 6.00. The summed E-state index contributed by atoms with van der Waals surface area (Å²) in [5, 5.41) is 7.20. The summed E-state index contributed by atoms with van der Waals surface area (Å²) in [5.41, 5.74) is 2.28. The molecule has 0 spiro atoms. The van der Waals surface area contributed by atoms with Gasteiger partial charge >= 0.3 is 5.97 Å². The van der Waals surface area contributed by atoms with Gasteiger partial charge in [-0.05, 0) is 56.6 Å². The van der Waals surface area contributed by atoms with E-state index in [1.165, 1.54) is 32.1 Å². The summed E-state index contributed by atoms with van der Waals surface area (Å²) in [6.07, 6.45) is 6.18. The van der Waals surface area contributed by atoms with Gasteiger partial charge in [-0.25, -0.2) is 4.79 Å². The molecule has 0 bridgehead atoms. The molecule has 0 atom stereocenters. The van der Waals surface area contributed by atoms with Crippen LogP contribution in [0.5, 0.6) is 0 Å². The quantitative estimate of drug-likeness (QED) is 0.653. The molecule has 0 saturated heterocycles. The lowest BCUT2D eigenvalue weighted by atomic mass is 9.96. The van der Waals surface area contributed by atoms with Crippen molar-refractivity contribution in [3.63, 3.8) is 0 Å². The fourth-order valence-electron chi connectivity index (χ4n) is 2.79. The van der Waals surface area contributed by atoms with Gasteiger partial charge in [0, 0.05) is 11.7 Å². The molecular weight excluding hydrogens is 296 g/mol. The van der Waals surface area contributed by atoms with Crippen LogP contribution < -0.4 is 10.6 Å². The predicted octanol–water partition coefficient (Wildman–Crippen LogP) is 3.79. The third-order valence-corrected chi connectivity index (χ3v) is 4.24. The van der Waals surface area contributed by atoms with Crippen molar-refractivity contribution in [1.29, 1.82) is 0 Å². The summed E-state index contributed by atoms with van der Waals surface area (Å²) < 4.78 is 5.08. The molecule has 1 aromatic rings. The van der Waals surface area contributed by atoms with Crippen molar-refractivity contribution in [2.45, 2.75) is 52.0 Å². The van der Waals surface area contributed by atoms with E-state index >= 15 is 0 Å². The molecule has 0 aromatic heterocycles. The molecule has 0 heterocycles. The first-order valence-electron chi connectivity index (χ1n) is 7.96. The van der Waals surface area contributed by atoms with E-state index in [-0.39, 0.29) is 5.97 Å². The van der Waals surface area contributed by atoms with Gasteiger partial charge in [0.25, 0.3) is 0 Å². The van der Waals surface area contributed by atoms with E-state index in [9.17, 15) is 4.79 Å². The first kappa shape index (κ1) is 16.7. The molecule has 1 aliphatic rings. The molecule has 1 fully saturated rings. The smallest absolute Gasteiger partial charge is 0.338 e. The molecule has 0 amide bonds. The molecule has 0 radical (unpaired) electrons. The van der Waals surface area contributed by atoms with Gasteiger partial charge in [0.15, 0.2) is 5.11 Å². The van der Waals surface area contributed by atoms with E-state index in [2.05, 4.69) is 10.6 Å². The minimum Gasteiger partial charge on any atom is -0.462 e. The molecule has 2 rings (SSSR count). The fourth-order valence-corrected chi connectivity index (χ4v) is 3.07. The topological polar surface area (TPSA) is 50.4 Å². The Kier molecular flexibility index (Phi) is 6.19. The highest BCUT2D eigenvalue weighted by Crippen LogP contribution is 2.21. The minimum absolute atomic E-state index is 0.296. The van der Waals surface area contributed by atoms with Gasteiger partial charge in [0.2, 0.25) is 0 Å². The lowest BCUT2D eigenvalue weighted by molar-refractivity contribution is 0.0525. The molecule has 0 unspecified atom stereocenters. The highest BCUT2D eigenvalue weighted by molar-refractivity contribution is 7.80. The van der Waals surface area contributed by atoms with Crippen LogP contribution in [0.1, 0.15) is 54.9 Å². The van der Waals surface area contributed by atoms with Crippen LogP contribution in [0.3, 0.4) is 0 Å². The van der Waals surface area contributed by atoms with Gasteiger partial charge in [-0.2, -0.15) is 0 Å². The Hall–Kier alpha value is -1.62. The van der Waals surface area contributed by atoms with Gasteiger partial charge < -0.3 is 15.4 Å². The molecule has 2 N–H and O–H groups in total. The Morgan fingerprint density at radius 3 is 2.73 bits per heavy atom. The highest BCUT2D eigenvalue weighted by atomic mass is 32.1. The largest absolute Gasteiger partial charge is 0.462 e. The second-order valence-electron chi connectivity index (χ2n) is 5.63. The maximum atomic E-state index is 11.9. The Bertz CT molecular complexity index is 539. The standard InChI is InChI=1S/C17H24N2O2S/c1-3-21-16(20)14-10-7-11-15(12(14)2)19-17(22)18-13-8-5-4-6-9-13/h7,10-11,13H,3-6,8-9H2,1-2H3,(H2,18,19,22). The zero-order valence-corrected chi connectivity index (χ0v) is 14.1. The van der Waals surface area contributed by atoms with E-state index in [0.29, 0.717) is 23.3 Å². The van der Waals surface area contributed by atoms with E-state index in [1.54, 1.807) is 13.0 Å². The first-order valence-corrected chi connectivity index (χ1v) is 8.37. The SMILES string of the molecule is CCOC(=O)c1cccc(NC(=S)NC2CCCCC2)c1C. The number of nitrogens with one attached hydrogen (secondary N) is 2. The van der Waals surface area contributed by atoms with E-state index in [0.717, 1.165) is 11.3 Å². The Morgan fingerprint density at radius 2 is 2.05 bits per heavy atom. The number of hydrogen-bond acceptors (Lipinski definition) is 3. The number of ether oxygens (including phenoxy) is 1. The number of benzene rings is 1. The second-order valence-corrected chi connectivity index (χ2v) is 6.04. The average Bonchev–Trinajstić information content (AvgIpc) is 2.50. The predicted molar refractivity (Wildman–Crippen MR) is 93.4 cm³/mol. The first-order chi connectivity index (χ1) is 10.6. The number of carbonyl (C=O) groups is 1. The number of rotatable bonds is 4. The van der Waals surface area contributed by atoms with Crippen LogP contribution in [0.2, 0.25) is 0 Å². The number of esters is 1. The van der Waals surface area contributed by atoms with Crippen LogP contribution in [-0.2, 0) is 4.74 Å². The normalized spacial score (nSPS) is 15.2. The zero-order chi connectivity index (χ0) is 15.9. The van der Waals surface area contributed by atoms with Gasteiger partial charge in [-0.3, -0.25) is 0 Å². The van der Waals surface area contributed by atoms with Crippen molar-refractivity contribution < 1.29 is 9.53 Å². The van der Waals surface area contributed by atoms with Crippen LogP contribution in [0.4, 0.5) is 5.69 Å². The van der Waals surface area contributed by atoms with Crippen molar-refractivity contribution in [2.75, 3.05) is 11.9 Å². The molecule has 0 aliphatic heterocycles. The summed E-state index contributed by atoms with van der Waals surface area (Å²) in [5.74, 6) is -0.296. The Morgan fingerprint density at radius 1 is 1.32 bits per heavy atom. The third-order valence-electron chi connectivity index (χ3n) is 4.02. The number of hydrogen-bond donors (Lipinski definition) is 2. The van der Waals surface area contributed by atoms with E-state index in [1.807, 2.05) is 19.1 Å². The van der Waals surface area contributed by atoms with Crippen molar-refractivity contribution in [2.24, 2.45) is 0 Å². The van der Waals surface area contributed by atoms with Gasteiger partial charge in [-0.15, -0.1) is 0 Å². The van der Waals surface area contributed by atoms with Gasteiger partial charge in [0.1, 0.15) is 0 Å². The van der Waals surface area contributed by atoms with Crippen LogP contribution in [0, 0.1) is 6.92 Å². The van der Waals surface area contributed by atoms with Crippen LogP contribution in [0.25, 0.3) is 0 Å². The molecule has 1 aromatic carbocycles. The molecule has 22 heavy (non-hydrogen) atoms. The lowest BCUT2D eigenvalue weighted by Crippen LogP contribution is -2.39. The van der Waals surface area contributed by atoms with Crippen molar-refractivity contribution in [1.82, 2.24) is 5.32 Å². The average molecular weight is 320 g/mol. The zero-order valence-electron chi connectivity index (χ0n) is 13.3. The van der Waals surface area contributed by atoms with Gasteiger partial charge in [0.05, 0.1) is 12.2 Å². The molecule has 1 aliphatic carbocycles. The Labute approximate surface area is 137 Å². The van der Waals surface area contributed by atoms with Crippen LogP contribution >= 0.6 is 12.2 Å². The highest BCUT2D eigenvalue weighted by Gasteiger charge is 2.16. The van der Waals surface area contributed by atoms with E-state index in [4.69, 9.17) is 17.0 Å². The summed E-state index contributed by atoms with van der Waals surface area (Å²) in [4.78, 5) is 11.9. The maximum absolute atomic E-state index is 11.9. The van der Waals surface area contributed by atoms with Crippen LogP contribution in [0.15, 0.2) is 18.2 Å². The van der Waals surface area contributed by atoms with Crippen molar-refractivity contribution >= 4 is 29.0 Å². The summed E-state index contributed by atoms with van der Waals surface area (Å²) in [7, 11) is 0. The summed E-state index contributed by atoms with van der Waals surface area (Å²) >= 11 is 5.40. The third kappa shape index (κ3) is 4.44. The fraction of sp³-hybridized carbons (Fsp3) is 0.529.